The topological polar surface area (TPSA) is 79.0 Å². The Morgan fingerprint density at radius 1 is 1.73 bits per heavy atom. The van der Waals surface area contributed by atoms with Crippen LogP contribution in [-0.2, 0) is 4.74 Å². The van der Waals surface area contributed by atoms with Crippen molar-refractivity contribution in [2.75, 3.05) is 11.9 Å². The Morgan fingerprint density at radius 2 is 2.47 bits per heavy atom. The Kier molecular flexibility index (Phi) is 6.03. The van der Waals surface area contributed by atoms with Crippen LogP contribution in [0.5, 0.6) is 0 Å². The summed E-state index contributed by atoms with van der Waals surface area (Å²) in [5, 5.41) is 11.5. The molecule has 3 N–H and O–H groups in total. The van der Waals surface area contributed by atoms with Crippen molar-refractivity contribution in [2.45, 2.75) is 14.4 Å². The lowest BCUT2D eigenvalue weighted by atomic mass is 10.6. The fourth-order valence-electron chi connectivity index (χ4n) is 0.739. The highest BCUT2D eigenvalue weighted by atomic mass is 32.1. The monoisotopic (exact) mass is 230 g/mol. The highest BCUT2D eigenvalue weighted by Crippen LogP contribution is 1.97. The zero-order valence-electron chi connectivity index (χ0n) is 7.53. The number of hydrogen-bond donors (Lipinski definition) is 3. The number of nitrogens with one attached hydrogen (secondary N) is 3. The Labute approximate surface area is 93.4 Å². The molecule has 0 aliphatic rings. The van der Waals surface area contributed by atoms with Crippen molar-refractivity contribution in [1.29, 1.82) is 0 Å². The third-order valence-electron chi connectivity index (χ3n) is 1.24. The number of thiocarbonyl (C=S) groups is 1. The maximum Gasteiger partial charge on any atom is 0.413 e. The molecule has 1 aromatic heterocycles. The highest BCUT2D eigenvalue weighted by Gasteiger charge is 2.04. The average molecular weight is 230 g/mol. The molecule has 84 valence electrons. The minimum Gasteiger partial charge on any atom is -0.450 e. The zero-order valence-corrected chi connectivity index (χ0v) is 8.35. The van der Waals surface area contributed by atoms with Gasteiger partial charge in [-0.05, 0) is 19.1 Å². The standard InChI is InChI=1S/C7H10N4O2S.CH4/c1-2-13-7(12)10-6(14)9-5-3-4-8-11-5;/h3-4H,2H2,1H3,(H3,8,9,10,11,12,14);1H4. The summed E-state index contributed by atoms with van der Waals surface area (Å²) in [7, 11) is 0. The minimum absolute atomic E-state index is 0. The summed E-state index contributed by atoms with van der Waals surface area (Å²) in [6.45, 7) is 2.02. The molecule has 0 aliphatic heterocycles. The maximum absolute atomic E-state index is 10.9. The molecule has 0 unspecified atom stereocenters. The fourth-order valence-corrected chi connectivity index (χ4v) is 0.932. The number of H-pyrrole nitrogens is 1. The van der Waals surface area contributed by atoms with E-state index in [4.69, 9.17) is 12.2 Å². The summed E-state index contributed by atoms with van der Waals surface area (Å²) < 4.78 is 4.63. The molecular formula is C8H14N4O2S. The van der Waals surface area contributed by atoms with Crippen LogP contribution in [0, 0.1) is 0 Å². The molecule has 1 heterocycles. The van der Waals surface area contributed by atoms with E-state index in [2.05, 4.69) is 25.6 Å². The predicted molar refractivity (Wildman–Crippen MR) is 61.7 cm³/mol. The van der Waals surface area contributed by atoms with Crippen LogP contribution in [0.1, 0.15) is 14.4 Å². The SMILES string of the molecule is C.CCOC(=O)NC(=S)Nc1ccn[nH]1. The van der Waals surface area contributed by atoms with Crippen molar-refractivity contribution >= 4 is 29.2 Å². The molecule has 0 spiro atoms. The Hall–Kier alpha value is -1.63. The van der Waals surface area contributed by atoms with E-state index in [9.17, 15) is 4.79 Å². The van der Waals surface area contributed by atoms with Gasteiger partial charge in [0.15, 0.2) is 5.11 Å². The Bertz CT molecular complexity index is 312. The van der Waals surface area contributed by atoms with Gasteiger partial charge in [0, 0.05) is 6.07 Å². The fraction of sp³-hybridized carbons (Fsp3) is 0.375. The number of hydrogen-bond acceptors (Lipinski definition) is 4. The van der Waals surface area contributed by atoms with E-state index in [1.54, 1.807) is 19.2 Å². The first-order valence-corrected chi connectivity index (χ1v) is 4.37. The largest absolute Gasteiger partial charge is 0.450 e. The number of amides is 1. The van der Waals surface area contributed by atoms with Gasteiger partial charge in [-0.15, -0.1) is 0 Å². The highest BCUT2D eigenvalue weighted by molar-refractivity contribution is 7.80. The molecule has 0 atom stereocenters. The molecule has 7 heteroatoms. The van der Waals surface area contributed by atoms with E-state index in [0.29, 0.717) is 12.4 Å². The van der Waals surface area contributed by atoms with E-state index in [0.717, 1.165) is 0 Å². The number of carbonyl (C=O) groups excluding carboxylic acids is 1. The summed E-state index contributed by atoms with van der Waals surface area (Å²) in [5.41, 5.74) is 0. The lowest BCUT2D eigenvalue weighted by Crippen LogP contribution is -2.34. The number of anilines is 1. The number of alkyl carbamates (subject to hydrolysis) is 1. The third kappa shape index (κ3) is 4.96. The summed E-state index contributed by atoms with van der Waals surface area (Å²) in [5.74, 6) is 0.604. The van der Waals surface area contributed by atoms with Gasteiger partial charge >= 0.3 is 6.09 Å². The number of aromatic amines is 1. The predicted octanol–water partition coefficient (Wildman–Crippen LogP) is 1.49. The average Bonchev–Trinajstić information content (AvgIpc) is 2.56. The van der Waals surface area contributed by atoms with Crippen molar-refractivity contribution in [3.63, 3.8) is 0 Å². The molecule has 1 amide bonds. The van der Waals surface area contributed by atoms with E-state index in [-0.39, 0.29) is 12.5 Å². The Morgan fingerprint density at radius 3 is 3.00 bits per heavy atom. The summed E-state index contributed by atoms with van der Waals surface area (Å²) in [6.07, 6.45) is 0.986. The van der Waals surface area contributed by atoms with Gasteiger partial charge in [0.2, 0.25) is 0 Å². The third-order valence-corrected chi connectivity index (χ3v) is 1.44. The van der Waals surface area contributed by atoms with Crippen LogP contribution in [0.2, 0.25) is 0 Å². The van der Waals surface area contributed by atoms with E-state index in [1.807, 2.05) is 0 Å². The van der Waals surface area contributed by atoms with Crippen LogP contribution in [0.3, 0.4) is 0 Å². The first-order valence-electron chi connectivity index (χ1n) is 3.96. The first-order chi connectivity index (χ1) is 6.72. The van der Waals surface area contributed by atoms with Crippen LogP contribution in [0.15, 0.2) is 12.3 Å². The van der Waals surface area contributed by atoms with Crippen molar-refractivity contribution in [2.24, 2.45) is 0 Å². The minimum atomic E-state index is -0.579. The van der Waals surface area contributed by atoms with Gasteiger partial charge < -0.3 is 10.1 Å². The molecule has 0 bridgehead atoms. The zero-order chi connectivity index (χ0) is 10.4. The number of carbonyl (C=O) groups is 1. The molecule has 0 saturated carbocycles. The van der Waals surface area contributed by atoms with Crippen LogP contribution in [-0.4, -0.2) is 28.0 Å². The van der Waals surface area contributed by atoms with Crippen molar-refractivity contribution in [3.8, 4) is 0 Å². The molecule has 0 aromatic carbocycles. The number of ether oxygens (including phenoxy) is 1. The van der Waals surface area contributed by atoms with Crippen molar-refractivity contribution < 1.29 is 9.53 Å². The smallest absolute Gasteiger partial charge is 0.413 e. The lowest BCUT2D eigenvalue weighted by molar-refractivity contribution is 0.158. The Balaban J connectivity index is 0.00000196. The normalized spacial score (nSPS) is 8.60. The molecule has 0 saturated heterocycles. The van der Waals surface area contributed by atoms with Gasteiger partial charge in [-0.1, -0.05) is 7.43 Å². The van der Waals surface area contributed by atoms with Gasteiger partial charge in [-0.2, -0.15) is 5.10 Å². The molecule has 1 rings (SSSR count). The molecular weight excluding hydrogens is 216 g/mol. The molecule has 0 radical (unpaired) electrons. The summed E-state index contributed by atoms with van der Waals surface area (Å²) >= 11 is 4.82. The molecule has 0 fully saturated rings. The van der Waals surface area contributed by atoms with Crippen LogP contribution >= 0.6 is 12.2 Å². The van der Waals surface area contributed by atoms with E-state index >= 15 is 0 Å². The van der Waals surface area contributed by atoms with Gasteiger partial charge in [0.05, 0.1) is 12.8 Å². The lowest BCUT2D eigenvalue weighted by Gasteiger charge is -2.06. The molecule has 0 aliphatic carbocycles. The van der Waals surface area contributed by atoms with Gasteiger partial charge in [-0.25, -0.2) is 4.79 Å². The van der Waals surface area contributed by atoms with Crippen LogP contribution < -0.4 is 10.6 Å². The molecule has 6 nitrogen and oxygen atoms in total. The second-order valence-electron chi connectivity index (χ2n) is 2.27. The number of rotatable bonds is 2. The maximum atomic E-state index is 10.9. The van der Waals surface area contributed by atoms with E-state index < -0.39 is 6.09 Å². The number of nitrogens with zero attached hydrogens (tertiary/aromatic N) is 1. The van der Waals surface area contributed by atoms with Gasteiger partial charge in [0.25, 0.3) is 0 Å². The van der Waals surface area contributed by atoms with Gasteiger partial charge in [0.1, 0.15) is 5.82 Å². The summed E-state index contributed by atoms with van der Waals surface area (Å²) in [4.78, 5) is 10.9. The second kappa shape index (κ2) is 6.77. The van der Waals surface area contributed by atoms with Crippen molar-refractivity contribution in [3.05, 3.63) is 12.3 Å². The summed E-state index contributed by atoms with van der Waals surface area (Å²) in [6, 6.07) is 1.68. The number of aromatic nitrogens is 2. The van der Waals surface area contributed by atoms with Crippen molar-refractivity contribution in [1.82, 2.24) is 15.5 Å². The van der Waals surface area contributed by atoms with Crippen LogP contribution in [0.25, 0.3) is 0 Å². The first kappa shape index (κ1) is 13.4. The van der Waals surface area contributed by atoms with Crippen LogP contribution in [0.4, 0.5) is 10.6 Å². The second-order valence-corrected chi connectivity index (χ2v) is 2.68. The molecule has 1 aromatic rings. The molecule has 15 heavy (non-hydrogen) atoms. The van der Waals surface area contributed by atoms with E-state index in [1.165, 1.54) is 0 Å². The quantitative estimate of drug-likeness (QED) is 0.671. The van der Waals surface area contributed by atoms with Gasteiger partial charge in [-0.3, -0.25) is 10.4 Å².